The highest BCUT2D eigenvalue weighted by molar-refractivity contribution is 5.83. The van der Waals surface area contributed by atoms with Crippen LogP contribution in [0.2, 0.25) is 0 Å². The Hall–Kier alpha value is -1.81. The maximum atomic E-state index is 11.4. The molecule has 0 saturated carbocycles. The van der Waals surface area contributed by atoms with Gasteiger partial charge in [0, 0.05) is 36.6 Å². The summed E-state index contributed by atoms with van der Waals surface area (Å²) >= 11 is 0. The first kappa shape index (κ1) is 14.6. The van der Waals surface area contributed by atoms with E-state index in [0.29, 0.717) is 6.42 Å². The van der Waals surface area contributed by atoms with Crippen molar-refractivity contribution in [1.82, 2.24) is 15.6 Å². The van der Waals surface area contributed by atoms with Gasteiger partial charge >= 0.3 is 0 Å². The van der Waals surface area contributed by atoms with Crippen LogP contribution in [0.25, 0.3) is 10.9 Å². The van der Waals surface area contributed by atoms with Crippen molar-refractivity contribution >= 4 is 16.8 Å². The quantitative estimate of drug-likeness (QED) is 0.646. The predicted molar refractivity (Wildman–Crippen MR) is 82.8 cm³/mol. The Bertz CT molecular complexity index is 547. The number of rotatable bonds is 8. The van der Waals surface area contributed by atoms with Crippen molar-refractivity contribution in [2.75, 3.05) is 19.6 Å². The molecule has 20 heavy (non-hydrogen) atoms. The van der Waals surface area contributed by atoms with Gasteiger partial charge in [-0.3, -0.25) is 4.79 Å². The molecule has 2 rings (SSSR count). The number of carbonyl (C=O) groups is 1. The van der Waals surface area contributed by atoms with Gasteiger partial charge in [-0.1, -0.05) is 25.1 Å². The van der Waals surface area contributed by atoms with Crippen LogP contribution in [0.5, 0.6) is 0 Å². The molecule has 1 heterocycles. The standard InChI is InChI=1S/C16H23N3O/c1-2-9-18-16(20)8-11-17-10-7-13-12-19-15-6-4-3-5-14(13)15/h3-6,12,17,19H,2,7-11H2,1H3,(H,18,20). The fourth-order valence-electron chi connectivity index (χ4n) is 2.24. The smallest absolute Gasteiger partial charge is 0.221 e. The van der Waals surface area contributed by atoms with Crippen LogP contribution in [-0.4, -0.2) is 30.5 Å². The van der Waals surface area contributed by atoms with Crippen LogP contribution < -0.4 is 10.6 Å². The average Bonchev–Trinajstić information content (AvgIpc) is 2.88. The van der Waals surface area contributed by atoms with Crippen LogP contribution in [-0.2, 0) is 11.2 Å². The van der Waals surface area contributed by atoms with Crippen molar-refractivity contribution in [3.05, 3.63) is 36.0 Å². The highest BCUT2D eigenvalue weighted by atomic mass is 16.1. The lowest BCUT2D eigenvalue weighted by molar-refractivity contribution is -0.120. The molecule has 2 aromatic rings. The van der Waals surface area contributed by atoms with Crippen molar-refractivity contribution in [3.8, 4) is 0 Å². The number of aromatic amines is 1. The van der Waals surface area contributed by atoms with Crippen molar-refractivity contribution in [1.29, 1.82) is 0 Å². The Balaban J connectivity index is 1.67. The van der Waals surface area contributed by atoms with E-state index in [1.165, 1.54) is 16.5 Å². The van der Waals surface area contributed by atoms with Gasteiger partial charge in [0.05, 0.1) is 0 Å². The molecule has 0 bridgehead atoms. The van der Waals surface area contributed by atoms with Gasteiger partial charge in [0.15, 0.2) is 0 Å². The Morgan fingerprint density at radius 2 is 2.05 bits per heavy atom. The molecule has 0 saturated heterocycles. The van der Waals surface area contributed by atoms with E-state index >= 15 is 0 Å². The molecule has 1 amide bonds. The topological polar surface area (TPSA) is 56.9 Å². The first-order valence-electron chi connectivity index (χ1n) is 7.33. The molecule has 1 aromatic heterocycles. The van der Waals surface area contributed by atoms with E-state index in [-0.39, 0.29) is 5.91 Å². The summed E-state index contributed by atoms with van der Waals surface area (Å²) in [5.41, 5.74) is 2.50. The summed E-state index contributed by atoms with van der Waals surface area (Å²) in [6, 6.07) is 8.32. The summed E-state index contributed by atoms with van der Waals surface area (Å²) < 4.78 is 0. The highest BCUT2D eigenvalue weighted by Gasteiger charge is 2.03. The average molecular weight is 273 g/mol. The van der Waals surface area contributed by atoms with Gasteiger partial charge in [0.1, 0.15) is 0 Å². The molecule has 0 unspecified atom stereocenters. The number of aromatic nitrogens is 1. The number of nitrogens with one attached hydrogen (secondary N) is 3. The fourth-order valence-corrected chi connectivity index (χ4v) is 2.24. The summed E-state index contributed by atoms with van der Waals surface area (Å²) in [5, 5.41) is 7.49. The second kappa shape index (κ2) is 7.70. The summed E-state index contributed by atoms with van der Waals surface area (Å²) in [6.45, 7) is 4.45. The van der Waals surface area contributed by atoms with Crippen LogP contribution in [0.1, 0.15) is 25.3 Å². The minimum absolute atomic E-state index is 0.131. The molecule has 0 aliphatic heterocycles. The Kier molecular flexibility index (Phi) is 5.62. The van der Waals surface area contributed by atoms with E-state index in [2.05, 4.69) is 46.9 Å². The summed E-state index contributed by atoms with van der Waals surface area (Å²) in [6.07, 6.45) is 4.58. The minimum atomic E-state index is 0.131. The molecule has 0 aliphatic carbocycles. The molecule has 3 N–H and O–H groups in total. The number of H-pyrrole nitrogens is 1. The number of fused-ring (bicyclic) bond motifs is 1. The van der Waals surface area contributed by atoms with Crippen molar-refractivity contribution in [2.45, 2.75) is 26.2 Å². The summed E-state index contributed by atoms with van der Waals surface area (Å²) in [5.74, 6) is 0.131. The van der Waals surface area contributed by atoms with Crippen molar-refractivity contribution < 1.29 is 4.79 Å². The van der Waals surface area contributed by atoms with Gasteiger partial charge in [-0.2, -0.15) is 0 Å². The number of hydrogen-bond acceptors (Lipinski definition) is 2. The van der Waals surface area contributed by atoms with Gasteiger partial charge in [0.2, 0.25) is 5.91 Å². The van der Waals surface area contributed by atoms with E-state index in [9.17, 15) is 4.79 Å². The third-order valence-corrected chi connectivity index (χ3v) is 3.35. The molecule has 4 heteroatoms. The van der Waals surface area contributed by atoms with Gasteiger partial charge in [0.25, 0.3) is 0 Å². The molecule has 4 nitrogen and oxygen atoms in total. The zero-order chi connectivity index (χ0) is 14.2. The number of benzene rings is 1. The molecule has 0 fully saturated rings. The monoisotopic (exact) mass is 273 g/mol. The molecular formula is C16H23N3O. The molecule has 0 radical (unpaired) electrons. The van der Waals surface area contributed by atoms with Gasteiger partial charge < -0.3 is 15.6 Å². The number of amides is 1. The Labute approximate surface area is 120 Å². The zero-order valence-corrected chi connectivity index (χ0v) is 12.0. The third kappa shape index (κ3) is 4.10. The fraction of sp³-hybridized carbons (Fsp3) is 0.438. The van der Waals surface area contributed by atoms with Crippen LogP contribution in [0.15, 0.2) is 30.5 Å². The molecule has 0 aliphatic rings. The first-order chi connectivity index (χ1) is 9.81. The third-order valence-electron chi connectivity index (χ3n) is 3.35. The first-order valence-corrected chi connectivity index (χ1v) is 7.33. The van der Waals surface area contributed by atoms with Gasteiger partial charge in [-0.15, -0.1) is 0 Å². The largest absolute Gasteiger partial charge is 0.361 e. The van der Waals surface area contributed by atoms with E-state index < -0.39 is 0 Å². The van der Waals surface area contributed by atoms with Crippen LogP contribution in [0.3, 0.4) is 0 Å². The Morgan fingerprint density at radius 1 is 1.20 bits per heavy atom. The second-order valence-electron chi connectivity index (χ2n) is 4.96. The van der Waals surface area contributed by atoms with Crippen LogP contribution in [0, 0.1) is 0 Å². The maximum Gasteiger partial charge on any atom is 0.221 e. The second-order valence-corrected chi connectivity index (χ2v) is 4.96. The lowest BCUT2D eigenvalue weighted by Gasteiger charge is -2.05. The minimum Gasteiger partial charge on any atom is -0.361 e. The highest BCUT2D eigenvalue weighted by Crippen LogP contribution is 2.17. The maximum absolute atomic E-state index is 11.4. The normalized spacial score (nSPS) is 10.8. The lowest BCUT2D eigenvalue weighted by atomic mass is 10.1. The summed E-state index contributed by atoms with van der Waals surface area (Å²) in [7, 11) is 0. The Morgan fingerprint density at radius 3 is 2.90 bits per heavy atom. The van der Waals surface area contributed by atoms with E-state index in [0.717, 1.165) is 32.5 Å². The van der Waals surface area contributed by atoms with Gasteiger partial charge in [-0.05, 0) is 31.0 Å². The molecule has 1 aromatic carbocycles. The predicted octanol–water partition coefficient (Wildman–Crippen LogP) is 2.22. The number of hydrogen-bond donors (Lipinski definition) is 3. The lowest BCUT2D eigenvalue weighted by Crippen LogP contribution is -2.28. The van der Waals surface area contributed by atoms with E-state index in [1.807, 2.05) is 6.07 Å². The SMILES string of the molecule is CCCNC(=O)CCNCCc1c[nH]c2ccccc12. The van der Waals surface area contributed by atoms with E-state index in [1.54, 1.807) is 0 Å². The van der Waals surface area contributed by atoms with Gasteiger partial charge in [-0.25, -0.2) is 0 Å². The zero-order valence-electron chi connectivity index (χ0n) is 12.0. The van der Waals surface area contributed by atoms with E-state index in [4.69, 9.17) is 0 Å². The number of carbonyl (C=O) groups excluding carboxylic acids is 1. The molecule has 108 valence electrons. The van der Waals surface area contributed by atoms with Crippen molar-refractivity contribution in [2.24, 2.45) is 0 Å². The molecular weight excluding hydrogens is 250 g/mol. The molecule has 0 spiro atoms. The molecule has 0 atom stereocenters. The van der Waals surface area contributed by atoms with Crippen LogP contribution in [0.4, 0.5) is 0 Å². The summed E-state index contributed by atoms with van der Waals surface area (Å²) in [4.78, 5) is 14.7. The van der Waals surface area contributed by atoms with Crippen molar-refractivity contribution in [3.63, 3.8) is 0 Å². The number of para-hydroxylation sites is 1. The van der Waals surface area contributed by atoms with Crippen LogP contribution >= 0.6 is 0 Å².